The molecule has 2 aromatic rings. The van der Waals surface area contributed by atoms with Gasteiger partial charge in [-0.3, -0.25) is 4.79 Å². The molecule has 140 valence electrons. The third kappa shape index (κ3) is 4.94. The third-order valence-electron chi connectivity index (χ3n) is 2.97. The van der Waals surface area contributed by atoms with Crippen LogP contribution in [0.4, 0.5) is 5.82 Å². The first kappa shape index (κ1) is 18.7. The number of aromatic hydroxyl groups is 2. The van der Waals surface area contributed by atoms with Crippen LogP contribution in [0.5, 0.6) is 11.8 Å². The molecular formula is C13H15N5O8. The second-order valence-electron chi connectivity index (χ2n) is 4.82. The molecule has 0 saturated heterocycles. The summed E-state index contributed by atoms with van der Waals surface area (Å²) in [7, 11) is 0. The highest BCUT2D eigenvalue weighted by Crippen LogP contribution is 2.18. The molecule has 0 saturated carbocycles. The van der Waals surface area contributed by atoms with Crippen molar-refractivity contribution in [2.45, 2.75) is 6.42 Å². The Labute approximate surface area is 145 Å². The number of nitrogens with one attached hydrogen (secondary N) is 2. The Morgan fingerprint density at radius 1 is 1.31 bits per heavy atom. The maximum Gasteiger partial charge on any atom is 0.343 e. The van der Waals surface area contributed by atoms with E-state index < -0.39 is 34.4 Å². The summed E-state index contributed by atoms with van der Waals surface area (Å²) in [5.41, 5.74) is -0.133. The molecule has 13 heteroatoms. The molecule has 26 heavy (non-hydrogen) atoms. The van der Waals surface area contributed by atoms with Crippen molar-refractivity contribution in [3.63, 3.8) is 0 Å². The normalized spacial score (nSPS) is 10.5. The Hall–Kier alpha value is -3.61. The first-order chi connectivity index (χ1) is 12.4. The summed E-state index contributed by atoms with van der Waals surface area (Å²) >= 11 is 0. The van der Waals surface area contributed by atoms with Gasteiger partial charge in [0.25, 0.3) is 5.91 Å². The lowest BCUT2D eigenvalue weighted by molar-refractivity contribution is -0.389. The van der Waals surface area contributed by atoms with Crippen LogP contribution in [0.2, 0.25) is 0 Å². The summed E-state index contributed by atoms with van der Waals surface area (Å²) < 4.78 is 5.69. The maximum absolute atomic E-state index is 11.7. The van der Waals surface area contributed by atoms with Crippen molar-refractivity contribution in [2.24, 2.45) is 0 Å². The van der Waals surface area contributed by atoms with Crippen molar-refractivity contribution < 1.29 is 34.3 Å². The van der Waals surface area contributed by atoms with Crippen LogP contribution < -0.4 is 10.2 Å². The van der Waals surface area contributed by atoms with Gasteiger partial charge in [-0.05, 0) is 4.92 Å². The number of aromatic nitrogens is 3. The van der Waals surface area contributed by atoms with E-state index in [1.807, 2.05) is 0 Å². The van der Waals surface area contributed by atoms with Crippen LogP contribution in [0.15, 0.2) is 18.2 Å². The Kier molecular flexibility index (Phi) is 6.10. The van der Waals surface area contributed by atoms with E-state index in [9.17, 15) is 29.9 Å². The van der Waals surface area contributed by atoms with E-state index in [4.69, 9.17) is 9.57 Å². The molecule has 0 aliphatic rings. The third-order valence-corrected chi connectivity index (χ3v) is 2.97. The lowest BCUT2D eigenvalue weighted by atomic mass is 10.4. The monoisotopic (exact) mass is 369 g/mol. The number of hydrogen-bond donors (Lipinski definition) is 4. The van der Waals surface area contributed by atoms with E-state index in [2.05, 4.69) is 15.5 Å². The zero-order valence-corrected chi connectivity index (χ0v) is 13.2. The van der Waals surface area contributed by atoms with Gasteiger partial charge in [-0.15, -0.1) is 9.83 Å². The molecule has 0 spiro atoms. The van der Waals surface area contributed by atoms with Crippen molar-refractivity contribution in [3.05, 3.63) is 34.0 Å². The van der Waals surface area contributed by atoms with E-state index in [1.165, 1.54) is 0 Å². The molecule has 2 rings (SSSR count). The van der Waals surface area contributed by atoms with Gasteiger partial charge in [-0.2, -0.15) is 0 Å². The first-order valence-electron chi connectivity index (χ1n) is 7.25. The molecule has 0 radical (unpaired) electrons. The Morgan fingerprint density at radius 2 is 2.00 bits per heavy atom. The van der Waals surface area contributed by atoms with Crippen molar-refractivity contribution >= 4 is 17.7 Å². The molecule has 1 amide bonds. The van der Waals surface area contributed by atoms with Gasteiger partial charge in [0.15, 0.2) is 5.69 Å². The molecule has 13 nitrogen and oxygen atoms in total. The van der Waals surface area contributed by atoms with Crippen LogP contribution in [-0.4, -0.2) is 61.7 Å². The van der Waals surface area contributed by atoms with Crippen molar-refractivity contribution in [3.8, 4) is 11.8 Å². The van der Waals surface area contributed by atoms with Gasteiger partial charge in [0, 0.05) is 18.7 Å². The zero-order chi connectivity index (χ0) is 19.1. The maximum atomic E-state index is 11.7. The van der Waals surface area contributed by atoms with Crippen LogP contribution in [0.25, 0.3) is 0 Å². The largest absolute Gasteiger partial charge is 0.492 e. The van der Waals surface area contributed by atoms with Crippen LogP contribution in [0.3, 0.4) is 0 Å². The smallest absolute Gasteiger partial charge is 0.343 e. The number of H-pyrrole nitrogens is 1. The lowest BCUT2D eigenvalue weighted by Gasteiger charge is -2.07. The summed E-state index contributed by atoms with van der Waals surface area (Å²) in [5.74, 6) is -2.63. The van der Waals surface area contributed by atoms with Gasteiger partial charge in [-0.1, -0.05) is 5.10 Å². The van der Waals surface area contributed by atoms with E-state index in [0.29, 0.717) is 4.73 Å². The number of rotatable bonds is 9. The number of carbonyl (C=O) groups excluding carboxylic acids is 2. The highest BCUT2D eigenvalue weighted by atomic mass is 16.7. The van der Waals surface area contributed by atoms with Crippen LogP contribution >= 0.6 is 0 Å². The SMILES string of the molecule is O=C(CCOCCNC(=O)c1cc([N+](=O)[O-])[nH]n1)On1c(O)ccc1O. The highest BCUT2D eigenvalue weighted by Gasteiger charge is 2.16. The Bertz CT molecular complexity index is 779. The average Bonchev–Trinajstić information content (AvgIpc) is 3.20. The summed E-state index contributed by atoms with van der Waals surface area (Å²) in [6.07, 6.45) is -0.156. The lowest BCUT2D eigenvalue weighted by Crippen LogP contribution is -2.28. The standard InChI is InChI=1S/C13H15N5O8/c19-10-1-2-11(20)17(10)26-12(21)3-5-25-6-4-14-13(22)8-7-9(16-15-8)18(23)24/h1-2,7,19-20H,3-6H2,(H,14,22)(H,15,16). The number of amides is 1. The minimum Gasteiger partial charge on any atom is -0.492 e. The number of nitrogens with zero attached hydrogens (tertiary/aromatic N) is 3. The van der Waals surface area contributed by atoms with Gasteiger partial charge in [-0.25, -0.2) is 4.79 Å². The fourth-order valence-electron chi connectivity index (χ4n) is 1.75. The number of hydrogen-bond acceptors (Lipinski definition) is 9. The van der Waals surface area contributed by atoms with Crippen LogP contribution in [0, 0.1) is 10.1 Å². The summed E-state index contributed by atoms with van der Waals surface area (Å²) in [6.45, 7) is 0.143. The van der Waals surface area contributed by atoms with E-state index >= 15 is 0 Å². The van der Waals surface area contributed by atoms with Crippen LogP contribution in [0.1, 0.15) is 16.9 Å². The Morgan fingerprint density at radius 3 is 2.62 bits per heavy atom. The summed E-state index contributed by atoms with van der Waals surface area (Å²) in [5, 5.41) is 37.1. The fraction of sp³-hybridized carbons (Fsp3) is 0.308. The molecule has 0 fully saturated rings. The second-order valence-corrected chi connectivity index (χ2v) is 4.82. The quantitative estimate of drug-likeness (QED) is 0.253. The van der Waals surface area contributed by atoms with Gasteiger partial charge in [0.05, 0.1) is 25.7 Å². The minimum absolute atomic E-state index is 0.0224. The molecule has 0 aliphatic carbocycles. The van der Waals surface area contributed by atoms with E-state index in [0.717, 1.165) is 18.2 Å². The van der Waals surface area contributed by atoms with Crippen LogP contribution in [-0.2, 0) is 9.53 Å². The number of ether oxygens (including phenoxy) is 1. The van der Waals surface area contributed by atoms with E-state index in [1.54, 1.807) is 0 Å². The molecule has 0 unspecified atom stereocenters. The predicted molar refractivity (Wildman–Crippen MR) is 82.4 cm³/mol. The van der Waals surface area contributed by atoms with Crippen molar-refractivity contribution in [1.29, 1.82) is 0 Å². The zero-order valence-electron chi connectivity index (χ0n) is 13.2. The molecule has 4 N–H and O–H groups in total. The molecule has 2 aromatic heterocycles. The second kappa shape index (κ2) is 8.48. The topological polar surface area (TPSA) is 182 Å². The van der Waals surface area contributed by atoms with Gasteiger partial charge >= 0.3 is 11.8 Å². The number of nitro groups is 1. The minimum atomic E-state index is -0.750. The fourth-order valence-corrected chi connectivity index (χ4v) is 1.75. The van der Waals surface area contributed by atoms with Gasteiger partial charge in [0.2, 0.25) is 11.8 Å². The first-order valence-corrected chi connectivity index (χ1v) is 7.25. The molecule has 0 aliphatic heterocycles. The van der Waals surface area contributed by atoms with Gasteiger partial charge < -0.3 is 35.2 Å². The molecule has 0 bridgehead atoms. The molecule has 2 heterocycles. The average molecular weight is 369 g/mol. The molecule has 0 aromatic carbocycles. The Balaban J connectivity index is 1.61. The highest BCUT2D eigenvalue weighted by molar-refractivity contribution is 5.92. The number of aromatic amines is 1. The van der Waals surface area contributed by atoms with Crippen molar-refractivity contribution in [1.82, 2.24) is 20.2 Å². The van der Waals surface area contributed by atoms with Crippen molar-refractivity contribution in [2.75, 3.05) is 19.8 Å². The summed E-state index contributed by atoms with van der Waals surface area (Å²) in [6, 6.07) is 3.30. The number of carbonyl (C=O) groups is 2. The summed E-state index contributed by atoms with van der Waals surface area (Å²) in [4.78, 5) is 37.7. The van der Waals surface area contributed by atoms with E-state index in [-0.39, 0.29) is 31.9 Å². The van der Waals surface area contributed by atoms with Gasteiger partial charge in [0.1, 0.15) is 0 Å². The molecular weight excluding hydrogens is 354 g/mol. The predicted octanol–water partition coefficient (Wildman–Crippen LogP) is -0.677. The molecule has 0 atom stereocenters.